The number of para-hydroxylation sites is 1. The van der Waals surface area contributed by atoms with Gasteiger partial charge < -0.3 is 10.2 Å². The first-order valence-corrected chi connectivity index (χ1v) is 16.6. The van der Waals surface area contributed by atoms with E-state index in [9.17, 15) is 18.0 Å². The van der Waals surface area contributed by atoms with Crippen molar-refractivity contribution >= 4 is 39.1 Å². The van der Waals surface area contributed by atoms with Crippen LogP contribution in [-0.2, 0) is 32.6 Å². The molecule has 4 rings (SSSR count). The highest BCUT2D eigenvalue weighted by Gasteiger charge is 2.36. The van der Waals surface area contributed by atoms with Gasteiger partial charge in [-0.2, -0.15) is 0 Å². The van der Waals surface area contributed by atoms with Crippen LogP contribution in [0.5, 0.6) is 0 Å². The number of halogens is 1. The van der Waals surface area contributed by atoms with E-state index in [2.05, 4.69) is 5.32 Å². The second-order valence-electron chi connectivity index (χ2n) is 12.2. The van der Waals surface area contributed by atoms with Gasteiger partial charge in [-0.3, -0.25) is 13.9 Å². The molecule has 0 bridgehead atoms. The predicted octanol–water partition coefficient (Wildman–Crippen LogP) is 6.71. The maximum atomic E-state index is 14.6. The minimum atomic E-state index is -4.18. The van der Waals surface area contributed by atoms with E-state index >= 15 is 0 Å². The third-order valence-electron chi connectivity index (χ3n) is 7.34. The van der Waals surface area contributed by atoms with E-state index in [1.807, 2.05) is 70.2 Å². The molecule has 7 nitrogen and oxygen atoms in total. The van der Waals surface area contributed by atoms with Gasteiger partial charge in [-0.05, 0) is 75.6 Å². The summed E-state index contributed by atoms with van der Waals surface area (Å²) >= 11 is 6.57. The van der Waals surface area contributed by atoms with Crippen molar-refractivity contribution in [2.45, 2.75) is 64.1 Å². The van der Waals surface area contributed by atoms with Gasteiger partial charge in [0.05, 0.1) is 10.6 Å². The lowest BCUT2D eigenvalue weighted by Crippen LogP contribution is -2.56. The lowest BCUT2D eigenvalue weighted by molar-refractivity contribution is -0.140. The van der Waals surface area contributed by atoms with Gasteiger partial charge in [0, 0.05) is 23.5 Å². The number of carbonyl (C=O) groups excluding carboxylic acids is 2. The molecule has 0 fully saturated rings. The summed E-state index contributed by atoms with van der Waals surface area (Å²) in [7, 11) is -4.18. The van der Waals surface area contributed by atoms with Crippen molar-refractivity contribution in [3.8, 4) is 0 Å². The molecule has 0 aliphatic carbocycles. The molecule has 0 aliphatic rings. The first-order chi connectivity index (χ1) is 21.3. The van der Waals surface area contributed by atoms with Crippen LogP contribution in [0.25, 0.3) is 0 Å². The fourth-order valence-electron chi connectivity index (χ4n) is 5.01. The van der Waals surface area contributed by atoms with Crippen molar-refractivity contribution in [3.05, 3.63) is 130 Å². The lowest BCUT2D eigenvalue weighted by atomic mass is 10.0. The highest BCUT2D eigenvalue weighted by molar-refractivity contribution is 7.92. The molecule has 0 aromatic heterocycles. The molecule has 0 heterocycles. The van der Waals surface area contributed by atoms with Crippen LogP contribution in [0.3, 0.4) is 0 Å². The Hall–Kier alpha value is -4.14. The summed E-state index contributed by atoms with van der Waals surface area (Å²) in [6.07, 6.45) is 0.216. The summed E-state index contributed by atoms with van der Waals surface area (Å²) < 4.78 is 29.5. The highest BCUT2D eigenvalue weighted by Crippen LogP contribution is 2.28. The molecule has 0 radical (unpaired) electrons. The molecule has 236 valence electrons. The zero-order chi connectivity index (χ0) is 32.8. The Morgan fingerprint density at radius 2 is 1.42 bits per heavy atom. The van der Waals surface area contributed by atoms with Gasteiger partial charge in [-0.25, -0.2) is 8.42 Å². The van der Waals surface area contributed by atoms with Crippen molar-refractivity contribution in [2.24, 2.45) is 0 Å². The third-order valence-corrected chi connectivity index (χ3v) is 9.48. The van der Waals surface area contributed by atoms with Crippen molar-refractivity contribution in [1.82, 2.24) is 10.2 Å². The molecule has 1 N–H and O–H groups in total. The Kier molecular flexibility index (Phi) is 10.7. The standard InChI is InChI=1S/C36H40ClN3O4S/c1-26-19-21-30(22-20-26)45(43,44)40(32-18-12-9-13-27(32)2)25-34(41)39(24-29-16-10-11-17-31(29)37)33(35(42)38-36(3,4)5)23-28-14-7-6-8-15-28/h6-22,33H,23-25H2,1-5H3,(H,38,42)/t33-/m0/s1. The molecule has 4 aromatic carbocycles. The van der Waals surface area contributed by atoms with Gasteiger partial charge in [-0.1, -0.05) is 96.0 Å². The topological polar surface area (TPSA) is 86.8 Å². The molecule has 1 atom stereocenters. The average Bonchev–Trinajstić information content (AvgIpc) is 2.98. The Bertz CT molecular complexity index is 1740. The SMILES string of the molecule is Cc1ccc(S(=O)(=O)N(CC(=O)N(Cc2ccccc2Cl)[C@@H](Cc2ccccc2)C(=O)NC(C)(C)C)c2ccccc2C)cc1. The van der Waals surface area contributed by atoms with E-state index in [4.69, 9.17) is 11.6 Å². The molecule has 0 spiro atoms. The van der Waals surface area contributed by atoms with Crippen molar-refractivity contribution in [1.29, 1.82) is 0 Å². The number of rotatable bonds is 11. The van der Waals surface area contributed by atoms with Crippen LogP contribution < -0.4 is 9.62 Å². The number of anilines is 1. The molecule has 0 unspecified atom stereocenters. The second kappa shape index (κ2) is 14.3. The molecular formula is C36H40ClN3O4S. The third kappa shape index (κ3) is 8.74. The summed E-state index contributed by atoms with van der Waals surface area (Å²) in [5.74, 6) is -0.894. The van der Waals surface area contributed by atoms with Crippen LogP contribution in [0.15, 0.2) is 108 Å². The smallest absolute Gasteiger partial charge is 0.264 e. The molecular weight excluding hydrogens is 606 g/mol. The van der Waals surface area contributed by atoms with Gasteiger partial charge in [0.15, 0.2) is 0 Å². The first kappa shape index (κ1) is 33.7. The number of hydrogen-bond acceptors (Lipinski definition) is 4. The van der Waals surface area contributed by atoms with Crippen LogP contribution in [0.1, 0.15) is 43.0 Å². The van der Waals surface area contributed by atoms with Gasteiger partial charge in [0.1, 0.15) is 12.6 Å². The van der Waals surface area contributed by atoms with E-state index in [1.54, 1.807) is 55.5 Å². The maximum absolute atomic E-state index is 14.6. The van der Waals surface area contributed by atoms with Crippen molar-refractivity contribution in [2.75, 3.05) is 10.8 Å². The molecule has 2 amide bonds. The molecule has 0 aliphatic heterocycles. The Morgan fingerprint density at radius 3 is 2.04 bits per heavy atom. The molecule has 4 aromatic rings. The van der Waals surface area contributed by atoms with E-state index in [0.29, 0.717) is 21.8 Å². The van der Waals surface area contributed by atoms with Crippen LogP contribution in [0, 0.1) is 13.8 Å². The number of aryl methyl sites for hydroxylation is 2. The quantitative estimate of drug-likeness (QED) is 0.197. The maximum Gasteiger partial charge on any atom is 0.264 e. The van der Waals surface area contributed by atoms with Crippen LogP contribution in [0.4, 0.5) is 5.69 Å². The molecule has 45 heavy (non-hydrogen) atoms. The number of amides is 2. The fraction of sp³-hybridized carbons (Fsp3) is 0.278. The zero-order valence-electron chi connectivity index (χ0n) is 26.3. The normalized spacial score (nSPS) is 12.3. The van der Waals surface area contributed by atoms with Gasteiger partial charge >= 0.3 is 0 Å². The first-order valence-electron chi connectivity index (χ1n) is 14.8. The zero-order valence-corrected chi connectivity index (χ0v) is 27.9. The van der Waals surface area contributed by atoms with Crippen LogP contribution >= 0.6 is 11.6 Å². The molecule has 0 saturated heterocycles. The minimum absolute atomic E-state index is 0.000237. The van der Waals surface area contributed by atoms with E-state index in [1.165, 1.54) is 17.0 Å². The van der Waals surface area contributed by atoms with Gasteiger partial charge in [0.25, 0.3) is 10.0 Å². The number of nitrogens with zero attached hydrogens (tertiary/aromatic N) is 2. The van der Waals surface area contributed by atoms with Crippen LogP contribution in [0.2, 0.25) is 5.02 Å². The Labute approximate surface area is 271 Å². The number of sulfonamides is 1. The van der Waals surface area contributed by atoms with Crippen molar-refractivity contribution < 1.29 is 18.0 Å². The van der Waals surface area contributed by atoms with Gasteiger partial charge in [-0.15, -0.1) is 0 Å². The molecule has 9 heteroatoms. The van der Waals surface area contributed by atoms with Crippen LogP contribution in [-0.4, -0.2) is 43.3 Å². The highest BCUT2D eigenvalue weighted by atomic mass is 35.5. The summed E-state index contributed by atoms with van der Waals surface area (Å²) in [5.41, 5.74) is 2.89. The van der Waals surface area contributed by atoms with Crippen molar-refractivity contribution in [3.63, 3.8) is 0 Å². The predicted molar refractivity (Wildman–Crippen MR) is 181 cm³/mol. The van der Waals surface area contributed by atoms with Gasteiger partial charge in [0.2, 0.25) is 11.8 Å². The summed E-state index contributed by atoms with van der Waals surface area (Å²) in [6.45, 7) is 8.77. The Morgan fingerprint density at radius 1 is 0.822 bits per heavy atom. The Balaban J connectivity index is 1.84. The largest absolute Gasteiger partial charge is 0.350 e. The summed E-state index contributed by atoms with van der Waals surface area (Å²) in [4.78, 5) is 30.1. The summed E-state index contributed by atoms with van der Waals surface area (Å²) in [5, 5.41) is 3.47. The minimum Gasteiger partial charge on any atom is -0.350 e. The monoisotopic (exact) mass is 645 g/mol. The van der Waals surface area contributed by atoms with E-state index in [-0.39, 0.29) is 23.8 Å². The number of hydrogen-bond donors (Lipinski definition) is 1. The second-order valence-corrected chi connectivity index (χ2v) is 14.4. The summed E-state index contributed by atoms with van der Waals surface area (Å²) in [6, 6.07) is 29.2. The average molecular weight is 646 g/mol. The van der Waals surface area contributed by atoms with E-state index in [0.717, 1.165) is 15.4 Å². The number of carbonyl (C=O) groups is 2. The molecule has 0 saturated carbocycles. The number of nitrogens with one attached hydrogen (secondary N) is 1. The lowest BCUT2D eigenvalue weighted by Gasteiger charge is -2.35. The number of benzene rings is 4. The van der Waals surface area contributed by atoms with E-state index < -0.39 is 34.1 Å². The fourth-order valence-corrected chi connectivity index (χ4v) is 6.69.